The number of nitro groups is 1. The van der Waals surface area contributed by atoms with Gasteiger partial charge in [-0.15, -0.1) is 0 Å². The van der Waals surface area contributed by atoms with Crippen molar-refractivity contribution in [1.29, 1.82) is 0 Å². The molecule has 8 heteroatoms. The van der Waals surface area contributed by atoms with Crippen molar-refractivity contribution in [2.45, 2.75) is 18.2 Å². The van der Waals surface area contributed by atoms with Gasteiger partial charge in [0.2, 0.25) is 0 Å². The topological polar surface area (TPSA) is 92.6 Å². The first-order valence-electron chi connectivity index (χ1n) is 5.87. The number of benzene rings is 1. The number of carbonyl (C=O) groups excluding carboxylic acids is 2. The molecule has 0 aromatic heterocycles. The summed E-state index contributed by atoms with van der Waals surface area (Å²) in [6, 6.07) is 4.23. The molecule has 20 heavy (non-hydrogen) atoms. The van der Waals surface area contributed by atoms with Crippen molar-refractivity contribution in [3.05, 3.63) is 34.4 Å². The Labute approximate surface area is 119 Å². The fraction of sp³-hybridized carbons (Fsp3) is 0.333. The molecule has 0 spiro atoms. The SMILES string of the molecule is CSC(C)C1NC(=O)N(c2ccc([N+](=O)[O-])cc2)C1=O. The van der Waals surface area contributed by atoms with E-state index in [1.54, 1.807) is 0 Å². The van der Waals surface area contributed by atoms with E-state index in [9.17, 15) is 19.7 Å². The number of thioether (sulfide) groups is 1. The molecule has 7 nitrogen and oxygen atoms in total. The lowest BCUT2D eigenvalue weighted by atomic mass is 10.2. The Morgan fingerprint density at radius 1 is 1.35 bits per heavy atom. The summed E-state index contributed by atoms with van der Waals surface area (Å²) < 4.78 is 0. The van der Waals surface area contributed by atoms with Crippen molar-refractivity contribution in [3.63, 3.8) is 0 Å². The molecule has 2 atom stereocenters. The Hall–Kier alpha value is -2.09. The first kappa shape index (κ1) is 14.3. The zero-order valence-corrected chi connectivity index (χ0v) is 11.7. The van der Waals surface area contributed by atoms with Gasteiger partial charge in [-0.25, -0.2) is 9.69 Å². The van der Waals surface area contributed by atoms with Crippen LogP contribution in [-0.4, -0.2) is 34.4 Å². The average molecular weight is 295 g/mol. The molecule has 1 aromatic carbocycles. The maximum Gasteiger partial charge on any atom is 0.329 e. The number of nitro benzene ring substituents is 1. The summed E-state index contributed by atoms with van der Waals surface area (Å²) in [5.74, 6) is -0.342. The Morgan fingerprint density at radius 3 is 2.45 bits per heavy atom. The highest BCUT2D eigenvalue weighted by atomic mass is 32.2. The number of nitrogens with one attached hydrogen (secondary N) is 1. The predicted octanol–water partition coefficient (Wildman–Crippen LogP) is 1.77. The monoisotopic (exact) mass is 295 g/mol. The van der Waals surface area contributed by atoms with Gasteiger partial charge in [0.15, 0.2) is 0 Å². The minimum absolute atomic E-state index is 0.0468. The van der Waals surface area contributed by atoms with Crippen LogP contribution in [0.4, 0.5) is 16.2 Å². The highest BCUT2D eigenvalue weighted by Gasteiger charge is 2.41. The second-order valence-electron chi connectivity index (χ2n) is 4.32. The van der Waals surface area contributed by atoms with E-state index in [1.807, 2.05) is 13.2 Å². The highest BCUT2D eigenvalue weighted by Crippen LogP contribution is 2.25. The normalized spacial score (nSPS) is 19.9. The number of anilines is 1. The molecule has 1 aliphatic heterocycles. The van der Waals surface area contributed by atoms with Gasteiger partial charge in [0.05, 0.1) is 10.6 Å². The van der Waals surface area contributed by atoms with Crippen molar-refractivity contribution in [1.82, 2.24) is 5.32 Å². The number of non-ortho nitro benzene ring substituents is 1. The van der Waals surface area contributed by atoms with E-state index < -0.39 is 17.0 Å². The maximum absolute atomic E-state index is 12.2. The van der Waals surface area contributed by atoms with Gasteiger partial charge < -0.3 is 5.32 Å². The van der Waals surface area contributed by atoms with Gasteiger partial charge in [0.1, 0.15) is 6.04 Å². The molecule has 1 N–H and O–H groups in total. The summed E-state index contributed by atoms with van der Waals surface area (Å²) in [7, 11) is 0. The van der Waals surface area contributed by atoms with Gasteiger partial charge in [0, 0.05) is 17.4 Å². The van der Waals surface area contributed by atoms with Gasteiger partial charge in [-0.1, -0.05) is 6.92 Å². The van der Waals surface area contributed by atoms with Crippen LogP contribution in [0.5, 0.6) is 0 Å². The molecule has 0 saturated carbocycles. The standard InChI is InChI=1S/C12H13N3O4S/c1-7(20-2)10-11(16)14(12(17)13-10)8-3-5-9(6-4-8)15(18)19/h3-7,10H,1-2H3,(H,13,17). The van der Waals surface area contributed by atoms with Crippen LogP contribution in [0.15, 0.2) is 24.3 Å². The first-order valence-corrected chi connectivity index (χ1v) is 7.16. The number of hydrogen-bond donors (Lipinski definition) is 1. The van der Waals surface area contributed by atoms with Crippen molar-refractivity contribution in [2.24, 2.45) is 0 Å². The van der Waals surface area contributed by atoms with E-state index in [2.05, 4.69) is 5.32 Å². The van der Waals surface area contributed by atoms with Gasteiger partial charge in [-0.2, -0.15) is 11.8 Å². The highest BCUT2D eigenvalue weighted by molar-refractivity contribution is 7.99. The van der Waals surface area contributed by atoms with Crippen LogP contribution >= 0.6 is 11.8 Å². The van der Waals surface area contributed by atoms with Gasteiger partial charge in [-0.05, 0) is 18.4 Å². The predicted molar refractivity (Wildman–Crippen MR) is 75.9 cm³/mol. The number of hydrogen-bond acceptors (Lipinski definition) is 5. The first-order chi connectivity index (χ1) is 9.45. The minimum Gasteiger partial charge on any atom is -0.324 e. The van der Waals surface area contributed by atoms with Crippen molar-refractivity contribution < 1.29 is 14.5 Å². The molecule has 1 aromatic rings. The van der Waals surface area contributed by atoms with Crippen molar-refractivity contribution >= 4 is 35.1 Å². The van der Waals surface area contributed by atoms with E-state index in [1.165, 1.54) is 36.0 Å². The smallest absolute Gasteiger partial charge is 0.324 e. The molecule has 1 saturated heterocycles. The summed E-state index contributed by atoms with van der Waals surface area (Å²) in [6.45, 7) is 1.85. The summed E-state index contributed by atoms with van der Waals surface area (Å²) >= 11 is 1.48. The van der Waals surface area contributed by atoms with E-state index in [4.69, 9.17) is 0 Å². The van der Waals surface area contributed by atoms with Gasteiger partial charge >= 0.3 is 6.03 Å². The molecule has 2 unspecified atom stereocenters. The molecule has 3 amide bonds. The number of amides is 3. The van der Waals surface area contributed by atoms with Gasteiger partial charge in [-0.3, -0.25) is 14.9 Å². The quantitative estimate of drug-likeness (QED) is 0.519. The number of nitrogens with zero attached hydrogens (tertiary/aromatic N) is 2. The second-order valence-corrected chi connectivity index (χ2v) is 5.53. The fourth-order valence-corrected chi connectivity index (χ4v) is 2.38. The third-order valence-electron chi connectivity index (χ3n) is 3.13. The number of imide groups is 1. The van der Waals surface area contributed by atoms with Crippen LogP contribution in [0.1, 0.15) is 6.92 Å². The van der Waals surface area contributed by atoms with Gasteiger partial charge in [0.25, 0.3) is 11.6 Å². The lowest BCUT2D eigenvalue weighted by molar-refractivity contribution is -0.384. The molecule has 1 fully saturated rings. The second kappa shape index (κ2) is 5.49. The van der Waals surface area contributed by atoms with E-state index >= 15 is 0 Å². The summed E-state index contributed by atoms with van der Waals surface area (Å²) in [5, 5.41) is 13.2. The lowest BCUT2D eigenvalue weighted by Gasteiger charge is -2.15. The molecule has 0 bridgehead atoms. The average Bonchev–Trinajstić information content (AvgIpc) is 2.73. The van der Waals surface area contributed by atoms with E-state index in [-0.39, 0.29) is 16.8 Å². The lowest BCUT2D eigenvalue weighted by Crippen LogP contribution is -2.37. The molecule has 2 rings (SSSR count). The van der Waals surface area contributed by atoms with E-state index in [0.717, 1.165) is 4.90 Å². The molecule has 0 radical (unpaired) electrons. The van der Waals surface area contributed by atoms with E-state index in [0.29, 0.717) is 5.69 Å². The molecular weight excluding hydrogens is 282 g/mol. The third-order valence-corrected chi connectivity index (χ3v) is 4.14. The van der Waals surface area contributed by atoms with Crippen LogP contribution < -0.4 is 10.2 Å². The minimum atomic E-state index is -0.576. The maximum atomic E-state index is 12.2. The van der Waals surface area contributed by atoms with Crippen LogP contribution in [0.3, 0.4) is 0 Å². The van der Waals surface area contributed by atoms with Crippen LogP contribution in [-0.2, 0) is 4.79 Å². The van der Waals surface area contributed by atoms with Crippen molar-refractivity contribution in [3.8, 4) is 0 Å². The molecule has 1 heterocycles. The Balaban J connectivity index is 2.26. The molecule has 0 aliphatic carbocycles. The number of rotatable bonds is 4. The molecule has 1 aliphatic rings. The Bertz CT molecular complexity index is 560. The Morgan fingerprint density at radius 2 is 1.95 bits per heavy atom. The number of carbonyl (C=O) groups is 2. The molecular formula is C12H13N3O4S. The largest absolute Gasteiger partial charge is 0.329 e. The summed E-state index contributed by atoms with van der Waals surface area (Å²) in [5.41, 5.74) is 0.240. The third kappa shape index (κ3) is 2.46. The zero-order chi connectivity index (χ0) is 14.9. The van der Waals surface area contributed by atoms with Crippen LogP contribution in [0.25, 0.3) is 0 Å². The fourth-order valence-electron chi connectivity index (χ4n) is 1.92. The molecule has 106 valence electrons. The van der Waals surface area contributed by atoms with Crippen LogP contribution in [0.2, 0.25) is 0 Å². The summed E-state index contributed by atoms with van der Waals surface area (Å²) in [6.07, 6.45) is 1.86. The van der Waals surface area contributed by atoms with Crippen molar-refractivity contribution in [2.75, 3.05) is 11.2 Å². The summed E-state index contributed by atoms with van der Waals surface area (Å²) in [4.78, 5) is 35.2. The van der Waals surface area contributed by atoms with Crippen LogP contribution in [0, 0.1) is 10.1 Å². The number of urea groups is 1. The zero-order valence-electron chi connectivity index (χ0n) is 10.9. The Kier molecular flexibility index (Phi) is 3.93.